The molecule has 0 saturated carbocycles. The maximum atomic E-state index is 13.2. The van der Waals surface area contributed by atoms with Gasteiger partial charge in [-0.3, -0.25) is 4.79 Å². The van der Waals surface area contributed by atoms with Gasteiger partial charge >= 0.3 is 5.97 Å². The maximum absolute atomic E-state index is 13.2. The van der Waals surface area contributed by atoms with E-state index in [0.29, 0.717) is 9.50 Å². The Hall–Kier alpha value is -1.34. The Morgan fingerprint density at radius 2 is 2.33 bits per heavy atom. The van der Waals surface area contributed by atoms with Crippen LogP contribution in [-0.4, -0.2) is 29.1 Å². The number of hydrogen-bond acceptors (Lipinski definition) is 4. The van der Waals surface area contributed by atoms with E-state index in [9.17, 15) is 14.0 Å². The fourth-order valence-electron chi connectivity index (χ4n) is 1.81. The average Bonchev–Trinajstić information content (AvgIpc) is 2.76. The molecule has 2 rings (SSSR count). The topological polar surface area (TPSA) is 46.6 Å². The second kappa shape index (κ2) is 7.09. The standard InChI is InChI=1S/C14H13BrFNO3S/c1-2-20-14(19)6-13-17(12(18)8-21-13)7-9-3-4-11(16)10(15)5-9/h3-6H,2,7-8H2,1H3/b13-6-. The molecule has 4 nitrogen and oxygen atoms in total. The zero-order valence-corrected chi connectivity index (χ0v) is 13.7. The number of thioether (sulfide) groups is 1. The quantitative estimate of drug-likeness (QED) is 0.600. The molecule has 1 aliphatic heterocycles. The van der Waals surface area contributed by atoms with E-state index in [4.69, 9.17) is 4.74 Å². The van der Waals surface area contributed by atoms with Crippen LogP contribution in [0.5, 0.6) is 0 Å². The van der Waals surface area contributed by atoms with E-state index < -0.39 is 5.97 Å². The Kier molecular flexibility index (Phi) is 5.41. The lowest BCUT2D eigenvalue weighted by atomic mass is 10.2. The summed E-state index contributed by atoms with van der Waals surface area (Å²) in [6, 6.07) is 4.56. The molecule has 0 N–H and O–H groups in total. The van der Waals surface area contributed by atoms with Crippen molar-refractivity contribution in [1.29, 1.82) is 0 Å². The van der Waals surface area contributed by atoms with Crippen molar-refractivity contribution in [3.05, 3.63) is 45.2 Å². The number of esters is 1. The van der Waals surface area contributed by atoms with Gasteiger partial charge in [0.25, 0.3) is 0 Å². The summed E-state index contributed by atoms with van der Waals surface area (Å²) in [5, 5.41) is 0.555. The van der Waals surface area contributed by atoms with Gasteiger partial charge in [-0.25, -0.2) is 9.18 Å². The van der Waals surface area contributed by atoms with Gasteiger partial charge in [0.1, 0.15) is 5.82 Å². The van der Waals surface area contributed by atoms with E-state index >= 15 is 0 Å². The number of benzene rings is 1. The van der Waals surface area contributed by atoms with Crippen LogP contribution >= 0.6 is 27.7 Å². The van der Waals surface area contributed by atoms with Gasteiger partial charge in [-0.1, -0.05) is 17.8 Å². The molecule has 112 valence electrons. The molecule has 7 heteroatoms. The highest BCUT2D eigenvalue weighted by Gasteiger charge is 2.27. The lowest BCUT2D eigenvalue weighted by Gasteiger charge is -2.17. The highest BCUT2D eigenvalue weighted by molar-refractivity contribution is 9.10. The van der Waals surface area contributed by atoms with E-state index in [1.54, 1.807) is 19.1 Å². The minimum absolute atomic E-state index is 0.0870. The third kappa shape index (κ3) is 4.07. The fourth-order valence-corrected chi connectivity index (χ4v) is 3.16. The van der Waals surface area contributed by atoms with Crippen LogP contribution in [0.3, 0.4) is 0 Å². The summed E-state index contributed by atoms with van der Waals surface area (Å²) in [6.45, 7) is 2.29. The Morgan fingerprint density at radius 1 is 1.57 bits per heavy atom. The molecule has 1 aromatic rings. The Bertz CT molecular complexity index is 606. The normalized spacial score (nSPS) is 16.6. The first kappa shape index (κ1) is 16.0. The van der Waals surface area contributed by atoms with Crippen LogP contribution in [0, 0.1) is 5.82 Å². The number of ether oxygens (including phenoxy) is 1. The number of rotatable bonds is 4. The van der Waals surface area contributed by atoms with Gasteiger partial charge in [-0.2, -0.15) is 0 Å². The Morgan fingerprint density at radius 3 is 3.00 bits per heavy atom. The van der Waals surface area contributed by atoms with Crippen LogP contribution in [-0.2, 0) is 20.9 Å². The lowest BCUT2D eigenvalue weighted by Crippen LogP contribution is -2.24. The lowest BCUT2D eigenvalue weighted by molar-refractivity contribution is -0.137. The van der Waals surface area contributed by atoms with Crippen molar-refractivity contribution >= 4 is 39.6 Å². The van der Waals surface area contributed by atoms with Crippen LogP contribution < -0.4 is 0 Å². The van der Waals surface area contributed by atoms with Crippen molar-refractivity contribution in [2.45, 2.75) is 13.5 Å². The molecule has 0 bridgehead atoms. The van der Waals surface area contributed by atoms with Crippen LogP contribution in [0.25, 0.3) is 0 Å². The van der Waals surface area contributed by atoms with Crippen molar-refractivity contribution in [3.8, 4) is 0 Å². The van der Waals surface area contributed by atoms with Gasteiger partial charge in [-0.15, -0.1) is 0 Å². The number of hydrogen-bond donors (Lipinski definition) is 0. The summed E-state index contributed by atoms with van der Waals surface area (Å²) in [6.07, 6.45) is 1.32. The van der Waals surface area contributed by atoms with Crippen molar-refractivity contribution in [2.75, 3.05) is 12.4 Å². The maximum Gasteiger partial charge on any atom is 0.333 e. The van der Waals surface area contributed by atoms with Crippen molar-refractivity contribution in [3.63, 3.8) is 0 Å². The van der Waals surface area contributed by atoms with Gasteiger partial charge in [-0.05, 0) is 40.5 Å². The summed E-state index contributed by atoms with van der Waals surface area (Å²) < 4.78 is 18.4. The van der Waals surface area contributed by atoms with Gasteiger partial charge in [0.15, 0.2) is 0 Å². The van der Waals surface area contributed by atoms with E-state index in [1.165, 1.54) is 28.8 Å². The summed E-state index contributed by atoms with van der Waals surface area (Å²) in [7, 11) is 0. The minimum Gasteiger partial charge on any atom is -0.463 e. The van der Waals surface area contributed by atoms with E-state index in [1.807, 2.05) is 0 Å². The number of carbonyl (C=O) groups is 2. The molecule has 0 aliphatic carbocycles. The molecule has 0 atom stereocenters. The number of carbonyl (C=O) groups excluding carboxylic acids is 2. The van der Waals surface area contributed by atoms with Crippen LogP contribution in [0.15, 0.2) is 33.8 Å². The van der Waals surface area contributed by atoms with E-state index in [-0.39, 0.29) is 30.6 Å². The summed E-state index contributed by atoms with van der Waals surface area (Å²) >= 11 is 4.40. The highest BCUT2D eigenvalue weighted by atomic mass is 79.9. The predicted octanol–water partition coefficient (Wildman–Crippen LogP) is 3.07. The number of amides is 1. The zero-order chi connectivity index (χ0) is 15.4. The molecule has 21 heavy (non-hydrogen) atoms. The van der Waals surface area contributed by atoms with Crippen molar-refractivity contribution < 1.29 is 18.7 Å². The smallest absolute Gasteiger partial charge is 0.333 e. The highest BCUT2D eigenvalue weighted by Crippen LogP contribution is 2.31. The van der Waals surface area contributed by atoms with Gasteiger partial charge in [0, 0.05) is 0 Å². The summed E-state index contributed by atoms with van der Waals surface area (Å²) in [5.41, 5.74) is 0.772. The SMILES string of the molecule is CCOC(=O)/C=C1\SCC(=O)N1Cc1ccc(F)c(Br)c1. The molecule has 0 spiro atoms. The molecule has 0 aromatic heterocycles. The van der Waals surface area contributed by atoms with Crippen molar-refractivity contribution in [1.82, 2.24) is 4.90 Å². The second-order valence-corrected chi connectivity index (χ2v) is 6.10. The Labute approximate surface area is 134 Å². The third-order valence-electron chi connectivity index (χ3n) is 2.76. The van der Waals surface area contributed by atoms with Crippen LogP contribution in [0.4, 0.5) is 4.39 Å². The fraction of sp³-hybridized carbons (Fsp3) is 0.286. The van der Waals surface area contributed by atoms with Gasteiger partial charge in [0.2, 0.25) is 5.91 Å². The minimum atomic E-state index is -0.472. The molecular formula is C14H13BrFNO3S. The average molecular weight is 374 g/mol. The monoisotopic (exact) mass is 373 g/mol. The molecule has 1 fully saturated rings. The summed E-state index contributed by atoms with van der Waals surface area (Å²) in [4.78, 5) is 24.9. The molecule has 1 heterocycles. The van der Waals surface area contributed by atoms with Crippen molar-refractivity contribution in [2.24, 2.45) is 0 Å². The van der Waals surface area contributed by atoms with Crippen LogP contribution in [0.1, 0.15) is 12.5 Å². The van der Waals surface area contributed by atoms with E-state index in [2.05, 4.69) is 15.9 Å². The van der Waals surface area contributed by atoms with Gasteiger partial charge < -0.3 is 9.64 Å². The molecule has 0 radical (unpaired) electrons. The predicted molar refractivity (Wildman–Crippen MR) is 81.8 cm³/mol. The second-order valence-electron chi connectivity index (χ2n) is 4.25. The molecule has 1 aromatic carbocycles. The molecule has 1 saturated heterocycles. The van der Waals surface area contributed by atoms with E-state index in [0.717, 1.165) is 5.56 Å². The number of nitrogens with zero attached hydrogens (tertiary/aromatic N) is 1. The first-order chi connectivity index (χ1) is 10.0. The summed E-state index contributed by atoms with van der Waals surface area (Å²) in [5.74, 6) is -0.632. The first-order valence-electron chi connectivity index (χ1n) is 6.26. The molecule has 0 unspecified atom stereocenters. The number of halogens is 2. The molecular weight excluding hydrogens is 361 g/mol. The Balaban J connectivity index is 2.17. The van der Waals surface area contributed by atoms with Crippen LogP contribution in [0.2, 0.25) is 0 Å². The van der Waals surface area contributed by atoms with Gasteiger partial charge in [0.05, 0.1) is 34.5 Å². The third-order valence-corrected chi connectivity index (χ3v) is 4.40. The zero-order valence-electron chi connectivity index (χ0n) is 11.3. The molecule has 1 amide bonds. The molecule has 1 aliphatic rings. The largest absolute Gasteiger partial charge is 0.463 e. The first-order valence-corrected chi connectivity index (χ1v) is 8.04.